The topological polar surface area (TPSA) is 74.2 Å². The highest BCUT2D eigenvalue weighted by molar-refractivity contribution is 6.83. The van der Waals surface area contributed by atoms with Gasteiger partial charge in [0, 0.05) is 18.9 Å². The molecule has 0 amide bonds. The van der Waals surface area contributed by atoms with E-state index < -0.39 is 34.2 Å². The van der Waals surface area contributed by atoms with Crippen molar-refractivity contribution in [3.05, 3.63) is 54.1 Å². The average Bonchev–Trinajstić information content (AvgIpc) is 2.92. The number of ether oxygens (including phenoxy) is 3. The van der Waals surface area contributed by atoms with E-state index in [2.05, 4.69) is 51.9 Å². The van der Waals surface area contributed by atoms with E-state index in [4.69, 9.17) is 18.6 Å². The molecule has 39 heavy (non-hydrogen) atoms. The summed E-state index contributed by atoms with van der Waals surface area (Å²) in [5.74, 6) is 3.51. The zero-order valence-corrected chi connectivity index (χ0v) is 27.1. The lowest BCUT2D eigenvalue weighted by Crippen LogP contribution is -2.52. The van der Waals surface area contributed by atoms with Crippen LogP contribution in [0.1, 0.15) is 46.1 Å². The quantitative estimate of drug-likeness (QED) is 0.120. The number of methoxy groups -OCH3 is 1. The second kappa shape index (κ2) is 15.0. The largest absolute Gasteiger partial charge is 0.497 e. The number of esters is 1. The van der Waals surface area contributed by atoms with Crippen LogP contribution in [0.25, 0.3) is 0 Å². The Morgan fingerprint density at radius 2 is 1.79 bits per heavy atom. The van der Waals surface area contributed by atoms with Crippen molar-refractivity contribution in [2.24, 2.45) is 0 Å². The fraction of sp³-hybridized carbons (Fsp3) is 0.581. The SMILES string of the molecule is CC[Si](CC)(CC)O[C@](C)(C=C[C@H]1CC=CC(=O)O1)[C@@H](C[C@@H](O)C#C[Si](C)(C)C)OCc1ccc(OC)cc1. The van der Waals surface area contributed by atoms with Crippen LogP contribution in [-0.2, 0) is 25.3 Å². The van der Waals surface area contributed by atoms with Gasteiger partial charge in [-0.2, -0.15) is 0 Å². The first-order valence-electron chi connectivity index (χ1n) is 14.1. The average molecular weight is 573 g/mol. The molecule has 0 saturated carbocycles. The number of carbonyl (C=O) groups excluding carboxylic acids is 1. The molecule has 0 unspecified atom stereocenters. The molecule has 1 heterocycles. The van der Waals surface area contributed by atoms with Gasteiger partial charge < -0.3 is 23.7 Å². The predicted molar refractivity (Wildman–Crippen MR) is 163 cm³/mol. The zero-order chi connectivity index (χ0) is 29.1. The Morgan fingerprint density at radius 3 is 2.33 bits per heavy atom. The summed E-state index contributed by atoms with van der Waals surface area (Å²) in [6.45, 7) is 15.4. The second-order valence-corrected chi connectivity index (χ2v) is 20.9. The lowest BCUT2D eigenvalue weighted by atomic mass is 9.92. The summed E-state index contributed by atoms with van der Waals surface area (Å²) < 4.78 is 24.5. The van der Waals surface area contributed by atoms with Crippen molar-refractivity contribution >= 4 is 22.4 Å². The van der Waals surface area contributed by atoms with Gasteiger partial charge in [0.15, 0.2) is 8.32 Å². The molecule has 2 rings (SSSR count). The van der Waals surface area contributed by atoms with Gasteiger partial charge >= 0.3 is 5.97 Å². The minimum absolute atomic E-state index is 0.292. The fourth-order valence-electron chi connectivity index (χ4n) is 4.54. The summed E-state index contributed by atoms with van der Waals surface area (Å²) >= 11 is 0. The molecule has 0 spiro atoms. The lowest BCUT2D eigenvalue weighted by molar-refractivity contribution is -0.141. The van der Waals surface area contributed by atoms with Crippen LogP contribution in [0.5, 0.6) is 5.75 Å². The number of rotatable bonds is 14. The standard InChI is InChI=1S/C31H48O6Si2/c1-9-39(10-2,11-3)37-31(4,21-19-28-13-12-14-30(33)36-28)29(23-26(32)20-22-38(6,7)8)35-24-25-15-17-27(34-5)18-16-25/h12,14-19,21,26,28-29,32H,9-11,13,23-24H2,1-8H3/t26-,28+,29+,31+/m0/s1. The molecule has 4 atom stereocenters. The van der Waals surface area contributed by atoms with E-state index in [0.29, 0.717) is 19.4 Å². The van der Waals surface area contributed by atoms with Crippen molar-refractivity contribution in [3.63, 3.8) is 0 Å². The molecule has 0 fully saturated rings. The van der Waals surface area contributed by atoms with E-state index in [1.165, 1.54) is 6.08 Å². The Balaban J connectivity index is 2.47. The van der Waals surface area contributed by atoms with Gasteiger partial charge in [0.25, 0.3) is 0 Å². The van der Waals surface area contributed by atoms with Gasteiger partial charge in [-0.15, -0.1) is 5.54 Å². The van der Waals surface area contributed by atoms with Crippen LogP contribution in [0.2, 0.25) is 37.8 Å². The van der Waals surface area contributed by atoms with Crippen LogP contribution in [0.15, 0.2) is 48.6 Å². The smallest absolute Gasteiger partial charge is 0.331 e. The van der Waals surface area contributed by atoms with E-state index in [0.717, 1.165) is 29.4 Å². The summed E-state index contributed by atoms with van der Waals surface area (Å²) in [6.07, 6.45) is 6.37. The first-order chi connectivity index (χ1) is 18.4. The Kier molecular flexibility index (Phi) is 12.7. The summed E-state index contributed by atoms with van der Waals surface area (Å²) in [4.78, 5) is 11.9. The zero-order valence-electron chi connectivity index (χ0n) is 25.1. The van der Waals surface area contributed by atoms with Gasteiger partial charge in [-0.05, 0) is 48.8 Å². The first kappa shape index (κ1) is 33.1. The minimum atomic E-state index is -2.12. The maximum Gasteiger partial charge on any atom is 0.331 e. The van der Waals surface area contributed by atoms with Gasteiger partial charge in [-0.3, -0.25) is 0 Å². The van der Waals surface area contributed by atoms with Crippen LogP contribution in [-0.4, -0.2) is 58.5 Å². The fourth-order valence-corrected chi connectivity index (χ4v) is 8.20. The molecule has 1 N–H and O–H groups in total. The number of carbonyl (C=O) groups is 1. The van der Waals surface area contributed by atoms with Crippen LogP contribution < -0.4 is 4.74 Å². The molecule has 1 aliphatic rings. The van der Waals surface area contributed by atoms with Crippen LogP contribution >= 0.6 is 0 Å². The van der Waals surface area contributed by atoms with Crippen LogP contribution in [0.3, 0.4) is 0 Å². The molecule has 1 aromatic carbocycles. The number of aliphatic hydroxyl groups is 1. The van der Waals surface area contributed by atoms with Gasteiger partial charge in [0.1, 0.15) is 26.0 Å². The third-order valence-corrected chi connectivity index (χ3v) is 12.8. The van der Waals surface area contributed by atoms with E-state index in [1.807, 2.05) is 49.4 Å². The molecule has 0 aliphatic carbocycles. The Morgan fingerprint density at radius 1 is 1.15 bits per heavy atom. The molecule has 0 radical (unpaired) electrons. The molecule has 0 saturated heterocycles. The highest BCUT2D eigenvalue weighted by Gasteiger charge is 2.43. The Hall–Kier alpha value is -2.16. The molecule has 0 bridgehead atoms. The van der Waals surface area contributed by atoms with Crippen molar-refractivity contribution in [2.45, 2.75) is 109 Å². The molecule has 0 aromatic heterocycles. The maximum absolute atomic E-state index is 11.9. The molecule has 6 nitrogen and oxygen atoms in total. The Labute approximate surface area is 237 Å². The van der Waals surface area contributed by atoms with E-state index in [1.54, 1.807) is 7.11 Å². The number of benzene rings is 1. The van der Waals surface area contributed by atoms with Crippen molar-refractivity contribution in [2.75, 3.05) is 7.11 Å². The summed E-state index contributed by atoms with van der Waals surface area (Å²) in [5, 5.41) is 11.0. The van der Waals surface area contributed by atoms with Gasteiger partial charge in [-0.25, -0.2) is 4.79 Å². The molecule has 8 heteroatoms. The van der Waals surface area contributed by atoms with Crippen molar-refractivity contribution in [1.29, 1.82) is 0 Å². The highest BCUT2D eigenvalue weighted by atomic mass is 28.4. The highest BCUT2D eigenvalue weighted by Crippen LogP contribution is 2.34. The second-order valence-electron chi connectivity index (χ2n) is 11.4. The van der Waals surface area contributed by atoms with Crippen molar-refractivity contribution in [3.8, 4) is 17.2 Å². The molecular weight excluding hydrogens is 525 g/mol. The number of hydrogen-bond acceptors (Lipinski definition) is 6. The number of aliphatic hydroxyl groups excluding tert-OH is 1. The first-order valence-corrected chi connectivity index (χ1v) is 20.1. The number of hydrogen-bond donors (Lipinski definition) is 1. The molecule has 216 valence electrons. The predicted octanol–water partition coefficient (Wildman–Crippen LogP) is 6.42. The minimum Gasteiger partial charge on any atom is -0.497 e. The molecular formula is C31H48O6Si2. The van der Waals surface area contributed by atoms with Crippen molar-refractivity contribution in [1.82, 2.24) is 0 Å². The van der Waals surface area contributed by atoms with Crippen molar-refractivity contribution < 1.29 is 28.5 Å². The summed E-state index contributed by atoms with van der Waals surface area (Å²) in [7, 11) is -2.14. The van der Waals surface area contributed by atoms with Crippen LogP contribution in [0, 0.1) is 11.5 Å². The monoisotopic (exact) mass is 572 g/mol. The van der Waals surface area contributed by atoms with E-state index in [9.17, 15) is 9.90 Å². The summed E-state index contributed by atoms with van der Waals surface area (Å²) in [6, 6.07) is 10.7. The lowest BCUT2D eigenvalue weighted by Gasteiger charge is -2.43. The molecule has 1 aromatic rings. The van der Waals surface area contributed by atoms with E-state index in [-0.39, 0.29) is 12.1 Å². The third-order valence-electron chi connectivity index (χ3n) is 7.20. The normalized spacial score (nSPS) is 19.1. The van der Waals surface area contributed by atoms with Gasteiger partial charge in [-0.1, -0.05) is 70.6 Å². The third kappa shape index (κ3) is 10.7. The van der Waals surface area contributed by atoms with Crippen LogP contribution in [0.4, 0.5) is 0 Å². The Bertz CT molecular complexity index is 1020. The van der Waals surface area contributed by atoms with E-state index >= 15 is 0 Å². The summed E-state index contributed by atoms with van der Waals surface area (Å²) in [5.41, 5.74) is 3.42. The maximum atomic E-state index is 11.9. The molecule has 1 aliphatic heterocycles. The number of cyclic esters (lactones) is 1. The van der Waals surface area contributed by atoms with Gasteiger partial charge in [0.05, 0.1) is 25.4 Å². The van der Waals surface area contributed by atoms with Gasteiger partial charge in [0.2, 0.25) is 0 Å².